The maximum Gasteiger partial charge on any atom is 0.272 e. The zero-order chi connectivity index (χ0) is 15.8. The average Bonchev–Trinajstić information content (AvgIpc) is 3.30. The van der Waals surface area contributed by atoms with Crippen LogP contribution in [-0.2, 0) is 4.74 Å². The number of nitrogens with zero attached hydrogens (tertiary/aromatic N) is 4. The molecule has 3 fully saturated rings. The van der Waals surface area contributed by atoms with Crippen LogP contribution in [0.1, 0.15) is 29.8 Å². The standard InChI is InChI=1S/C17H24N4O2/c1-23-16-5-7-21(17(22)14-4-6-18-11-19-14)15-10-20(9-13(15)16)8-12-2-3-12/h4,6,11-13,15-16H,2-3,5,7-10H2,1H3/t13-,15+,16+/m0/s1. The summed E-state index contributed by atoms with van der Waals surface area (Å²) in [7, 11) is 1.80. The molecule has 1 amide bonds. The van der Waals surface area contributed by atoms with Gasteiger partial charge in [0.05, 0.1) is 12.1 Å². The minimum atomic E-state index is 0.0326. The molecule has 6 heteroatoms. The fourth-order valence-electron chi connectivity index (χ4n) is 4.16. The molecule has 0 unspecified atom stereocenters. The zero-order valence-corrected chi connectivity index (χ0v) is 13.6. The fourth-order valence-corrected chi connectivity index (χ4v) is 4.16. The molecule has 1 saturated carbocycles. The van der Waals surface area contributed by atoms with Crippen LogP contribution < -0.4 is 0 Å². The molecule has 6 nitrogen and oxygen atoms in total. The van der Waals surface area contributed by atoms with Gasteiger partial charge in [0.25, 0.3) is 5.91 Å². The number of hydrogen-bond acceptors (Lipinski definition) is 5. The monoisotopic (exact) mass is 316 g/mol. The Hall–Kier alpha value is -1.53. The second kappa shape index (κ2) is 6.17. The van der Waals surface area contributed by atoms with Gasteiger partial charge in [-0.25, -0.2) is 9.97 Å². The molecule has 1 aromatic rings. The molecule has 2 saturated heterocycles. The lowest BCUT2D eigenvalue weighted by molar-refractivity contribution is -0.0158. The summed E-state index contributed by atoms with van der Waals surface area (Å²) < 4.78 is 5.72. The Kier molecular flexibility index (Phi) is 4.03. The molecule has 0 bridgehead atoms. The average molecular weight is 316 g/mol. The van der Waals surface area contributed by atoms with E-state index in [9.17, 15) is 4.79 Å². The van der Waals surface area contributed by atoms with Crippen LogP contribution >= 0.6 is 0 Å². The van der Waals surface area contributed by atoms with Crippen molar-refractivity contribution >= 4 is 5.91 Å². The fraction of sp³-hybridized carbons (Fsp3) is 0.706. The van der Waals surface area contributed by atoms with Crippen molar-refractivity contribution in [3.63, 3.8) is 0 Å². The first-order valence-electron chi connectivity index (χ1n) is 8.58. The number of piperidine rings is 1. The predicted octanol–water partition coefficient (Wildman–Crippen LogP) is 1.05. The van der Waals surface area contributed by atoms with Crippen molar-refractivity contribution in [1.29, 1.82) is 0 Å². The van der Waals surface area contributed by atoms with E-state index < -0.39 is 0 Å². The predicted molar refractivity (Wildman–Crippen MR) is 84.9 cm³/mol. The van der Waals surface area contributed by atoms with Crippen molar-refractivity contribution in [3.8, 4) is 0 Å². The minimum Gasteiger partial charge on any atom is -0.381 e. The minimum absolute atomic E-state index is 0.0326. The number of hydrogen-bond donors (Lipinski definition) is 0. The highest BCUT2D eigenvalue weighted by molar-refractivity contribution is 5.92. The van der Waals surface area contributed by atoms with E-state index in [1.807, 2.05) is 4.90 Å². The van der Waals surface area contributed by atoms with E-state index in [0.717, 1.165) is 32.0 Å². The quantitative estimate of drug-likeness (QED) is 0.831. The molecule has 3 aliphatic rings. The molecule has 1 aromatic heterocycles. The number of aromatic nitrogens is 2. The van der Waals surface area contributed by atoms with Gasteiger partial charge in [-0.3, -0.25) is 4.79 Å². The highest BCUT2D eigenvalue weighted by atomic mass is 16.5. The molecule has 0 N–H and O–H groups in total. The molecule has 0 spiro atoms. The summed E-state index contributed by atoms with van der Waals surface area (Å²) in [6, 6.07) is 1.95. The smallest absolute Gasteiger partial charge is 0.272 e. The second-order valence-electron chi connectivity index (χ2n) is 7.05. The number of carbonyl (C=O) groups excluding carboxylic acids is 1. The van der Waals surface area contributed by atoms with Crippen molar-refractivity contribution < 1.29 is 9.53 Å². The number of amides is 1. The van der Waals surface area contributed by atoms with E-state index in [-0.39, 0.29) is 18.1 Å². The van der Waals surface area contributed by atoms with E-state index in [0.29, 0.717) is 11.6 Å². The zero-order valence-electron chi connectivity index (χ0n) is 13.6. The van der Waals surface area contributed by atoms with Crippen LogP contribution in [0.15, 0.2) is 18.6 Å². The van der Waals surface area contributed by atoms with Gasteiger partial charge in [-0.2, -0.15) is 0 Å². The molecule has 1 aliphatic carbocycles. The third-order valence-electron chi connectivity index (χ3n) is 5.52. The van der Waals surface area contributed by atoms with Gasteiger partial charge in [0.15, 0.2) is 0 Å². The number of rotatable bonds is 4. The van der Waals surface area contributed by atoms with Crippen LogP contribution in [-0.4, -0.2) is 71.1 Å². The lowest BCUT2D eigenvalue weighted by Gasteiger charge is -2.40. The summed E-state index contributed by atoms with van der Waals surface area (Å²) in [4.78, 5) is 25.5. The van der Waals surface area contributed by atoms with Crippen LogP contribution in [0, 0.1) is 11.8 Å². The van der Waals surface area contributed by atoms with Crippen LogP contribution in [0.3, 0.4) is 0 Å². The van der Waals surface area contributed by atoms with E-state index in [2.05, 4.69) is 14.9 Å². The third kappa shape index (κ3) is 2.97. The van der Waals surface area contributed by atoms with Gasteiger partial charge in [0.1, 0.15) is 12.0 Å². The summed E-state index contributed by atoms with van der Waals surface area (Å²) in [5, 5.41) is 0. The number of carbonyl (C=O) groups is 1. The Morgan fingerprint density at radius 2 is 2.22 bits per heavy atom. The molecule has 0 radical (unpaired) electrons. The van der Waals surface area contributed by atoms with Crippen LogP contribution in [0.4, 0.5) is 0 Å². The molecule has 23 heavy (non-hydrogen) atoms. The lowest BCUT2D eigenvalue weighted by atomic mass is 9.88. The number of methoxy groups -OCH3 is 1. The maximum absolute atomic E-state index is 12.9. The van der Waals surface area contributed by atoms with Crippen LogP contribution in [0.2, 0.25) is 0 Å². The molecule has 3 atom stereocenters. The van der Waals surface area contributed by atoms with Gasteiger partial charge < -0.3 is 14.5 Å². The first-order chi connectivity index (χ1) is 11.3. The topological polar surface area (TPSA) is 58.6 Å². The third-order valence-corrected chi connectivity index (χ3v) is 5.52. The normalized spacial score (nSPS) is 31.2. The van der Waals surface area contributed by atoms with E-state index in [1.165, 1.54) is 25.7 Å². The van der Waals surface area contributed by atoms with Crippen molar-refractivity contribution in [2.24, 2.45) is 11.8 Å². The van der Waals surface area contributed by atoms with Gasteiger partial charge in [-0.15, -0.1) is 0 Å². The van der Waals surface area contributed by atoms with E-state index >= 15 is 0 Å². The molecule has 3 heterocycles. The SMILES string of the molecule is CO[C@@H]1CCN(C(=O)c2ccncn2)[C@@H]2CN(CC3CC3)C[C@@H]21. The van der Waals surface area contributed by atoms with Crippen molar-refractivity contribution in [1.82, 2.24) is 19.8 Å². The van der Waals surface area contributed by atoms with Gasteiger partial charge in [0, 0.05) is 45.4 Å². The number of fused-ring (bicyclic) bond motifs is 1. The lowest BCUT2D eigenvalue weighted by Crippen LogP contribution is -2.53. The Morgan fingerprint density at radius 3 is 2.91 bits per heavy atom. The Bertz CT molecular complexity index is 563. The van der Waals surface area contributed by atoms with Crippen molar-refractivity contribution in [2.75, 3.05) is 33.3 Å². The van der Waals surface area contributed by atoms with Crippen LogP contribution in [0.25, 0.3) is 0 Å². The van der Waals surface area contributed by atoms with Gasteiger partial charge >= 0.3 is 0 Å². The molecule has 0 aromatic carbocycles. The first kappa shape index (κ1) is 15.0. The van der Waals surface area contributed by atoms with Gasteiger partial charge in [-0.05, 0) is 31.2 Å². The maximum atomic E-state index is 12.9. The summed E-state index contributed by atoms with van der Waals surface area (Å²) in [5.41, 5.74) is 0.496. The molecule has 4 rings (SSSR count). The van der Waals surface area contributed by atoms with Gasteiger partial charge in [-0.1, -0.05) is 0 Å². The molecular formula is C17H24N4O2. The first-order valence-corrected chi connectivity index (χ1v) is 8.58. The Labute approximate surface area is 136 Å². The molecule has 2 aliphatic heterocycles. The number of ether oxygens (including phenoxy) is 1. The molecule has 124 valence electrons. The molecular weight excluding hydrogens is 292 g/mol. The van der Waals surface area contributed by atoms with Gasteiger partial charge in [0.2, 0.25) is 0 Å². The largest absolute Gasteiger partial charge is 0.381 e. The highest BCUT2D eigenvalue weighted by Crippen LogP contribution is 2.36. The highest BCUT2D eigenvalue weighted by Gasteiger charge is 2.46. The van der Waals surface area contributed by atoms with E-state index in [1.54, 1.807) is 19.4 Å². The summed E-state index contributed by atoms with van der Waals surface area (Å²) in [6.45, 7) is 3.95. The summed E-state index contributed by atoms with van der Waals surface area (Å²) in [6.07, 6.45) is 6.98. The Morgan fingerprint density at radius 1 is 1.35 bits per heavy atom. The Balaban J connectivity index is 1.52. The second-order valence-corrected chi connectivity index (χ2v) is 7.05. The van der Waals surface area contributed by atoms with Crippen LogP contribution in [0.5, 0.6) is 0 Å². The number of likely N-dealkylation sites (tertiary alicyclic amines) is 2. The summed E-state index contributed by atoms with van der Waals surface area (Å²) >= 11 is 0. The van der Waals surface area contributed by atoms with Crippen molar-refractivity contribution in [2.45, 2.75) is 31.4 Å². The summed E-state index contributed by atoms with van der Waals surface area (Å²) in [5.74, 6) is 1.32. The van der Waals surface area contributed by atoms with Crippen molar-refractivity contribution in [3.05, 3.63) is 24.3 Å². The van der Waals surface area contributed by atoms with E-state index in [4.69, 9.17) is 4.74 Å².